The SMILES string of the molecule is CCOC(=O)[C@@H]1CCCCN1CC[C@@H](C)CCC=C(C)C. The average molecular weight is 295 g/mol. The molecule has 0 radical (unpaired) electrons. The van der Waals surface area contributed by atoms with Gasteiger partial charge >= 0.3 is 5.97 Å². The third kappa shape index (κ3) is 7.12. The van der Waals surface area contributed by atoms with E-state index in [9.17, 15) is 4.79 Å². The van der Waals surface area contributed by atoms with Crippen molar-refractivity contribution in [1.82, 2.24) is 4.90 Å². The van der Waals surface area contributed by atoms with Crippen LogP contribution in [0.3, 0.4) is 0 Å². The number of hydrogen-bond donors (Lipinski definition) is 0. The Balaban J connectivity index is 2.36. The molecule has 0 N–H and O–H groups in total. The van der Waals surface area contributed by atoms with E-state index in [1.807, 2.05) is 6.92 Å². The molecule has 21 heavy (non-hydrogen) atoms. The summed E-state index contributed by atoms with van der Waals surface area (Å²) in [6.07, 6.45) is 9.22. The predicted octanol–water partition coefficient (Wildman–Crippen LogP) is 4.18. The third-order valence-electron chi connectivity index (χ3n) is 4.29. The highest BCUT2D eigenvalue weighted by molar-refractivity contribution is 5.75. The van der Waals surface area contributed by atoms with E-state index in [0.29, 0.717) is 12.5 Å². The first kappa shape index (κ1) is 18.2. The molecule has 3 nitrogen and oxygen atoms in total. The number of likely N-dealkylation sites (tertiary alicyclic amines) is 1. The van der Waals surface area contributed by atoms with Crippen molar-refractivity contribution in [3.8, 4) is 0 Å². The Morgan fingerprint density at radius 3 is 2.76 bits per heavy atom. The van der Waals surface area contributed by atoms with Crippen LogP contribution in [0.5, 0.6) is 0 Å². The first-order valence-corrected chi connectivity index (χ1v) is 8.58. The number of ether oxygens (including phenoxy) is 1. The van der Waals surface area contributed by atoms with Crippen molar-refractivity contribution >= 4 is 5.97 Å². The van der Waals surface area contributed by atoms with E-state index < -0.39 is 0 Å². The summed E-state index contributed by atoms with van der Waals surface area (Å²) in [7, 11) is 0. The summed E-state index contributed by atoms with van der Waals surface area (Å²) in [5.41, 5.74) is 1.40. The van der Waals surface area contributed by atoms with Crippen molar-refractivity contribution in [2.75, 3.05) is 19.7 Å². The summed E-state index contributed by atoms with van der Waals surface area (Å²) in [5.74, 6) is 0.694. The Morgan fingerprint density at radius 2 is 2.10 bits per heavy atom. The zero-order valence-corrected chi connectivity index (χ0v) is 14.4. The standard InChI is InChI=1S/C18H33NO2/c1-5-21-18(20)17-11-6-7-13-19(17)14-12-16(4)10-8-9-15(2)3/h9,16-17H,5-8,10-14H2,1-4H3/t16-,17-/m0/s1. The minimum absolute atomic E-state index is 0.00341. The fourth-order valence-corrected chi connectivity index (χ4v) is 2.95. The summed E-state index contributed by atoms with van der Waals surface area (Å²) >= 11 is 0. The van der Waals surface area contributed by atoms with E-state index in [1.54, 1.807) is 0 Å². The number of esters is 1. The Labute approximate surface area is 130 Å². The minimum atomic E-state index is -0.0191. The molecule has 2 atom stereocenters. The van der Waals surface area contributed by atoms with Gasteiger partial charge in [-0.2, -0.15) is 0 Å². The third-order valence-corrected chi connectivity index (χ3v) is 4.29. The molecule has 1 aliphatic heterocycles. The molecule has 0 aromatic heterocycles. The van der Waals surface area contributed by atoms with Crippen molar-refractivity contribution < 1.29 is 9.53 Å². The highest BCUT2D eigenvalue weighted by Crippen LogP contribution is 2.20. The van der Waals surface area contributed by atoms with Crippen LogP contribution in [0.25, 0.3) is 0 Å². The Kier molecular flexibility index (Phi) is 8.67. The smallest absolute Gasteiger partial charge is 0.323 e. The zero-order chi connectivity index (χ0) is 15.7. The lowest BCUT2D eigenvalue weighted by molar-refractivity contribution is -0.151. The molecule has 1 heterocycles. The maximum absolute atomic E-state index is 12.0. The quantitative estimate of drug-likeness (QED) is 0.497. The van der Waals surface area contributed by atoms with Gasteiger partial charge in [-0.05, 0) is 71.9 Å². The summed E-state index contributed by atoms with van der Waals surface area (Å²) in [5, 5.41) is 0. The largest absolute Gasteiger partial charge is 0.465 e. The first-order chi connectivity index (χ1) is 10.0. The van der Waals surface area contributed by atoms with Gasteiger partial charge < -0.3 is 4.74 Å². The lowest BCUT2D eigenvalue weighted by Crippen LogP contribution is -2.46. The molecule has 0 bridgehead atoms. The zero-order valence-electron chi connectivity index (χ0n) is 14.4. The molecule has 122 valence electrons. The minimum Gasteiger partial charge on any atom is -0.465 e. The van der Waals surface area contributed by atoms with Gasteiger partial charge in [0.05, 0.1) is 6.61 Å². The predicted molar refractivity (Wildman–Crippen MR) is 88.3 cm³/mol. The van der Waals surface area contributed by atoms with Gasteiger partial charge in [0, 0.05) is 0 Å². The summed E-state index contributed by atoms with van der Waals surface area (Å²) in [6, 6.07) is 0.00341. The van der Waals surface area contributed by atoms with Gasteiger partial charge in [0.25, 0.3) is 0 Å². The van der Waals surface area contributed by atoms with Crippen molar-refractivity contribution in [3.05, 3.63) is 11.6 Å². The maximum atomic E-state index is 12.0. The molecule has 0 aliphatic carbocycles. The Hall–Kier alpha value is -0.830. The first-order valence-electron chi connectivity index (χ1n) is 8.58. The van der Waals surface area contributed by atoms with Crippen LogP contribution < -0.4 is 0 Å². The second-order valence-corrected chi connectivity index (χ2v) is 6.55. The molecular formula is C18H33NO2. The second-order valence-electron chi connectivity index (χ2n) is 6.55. The number of hydrogen-bond acceptors (Lipinski definition) is 3. The molecule has 0 aromatic rings. The van der Waals surface area contributed by atoms with Crippen LogP contribution in [0, 0.1) is 5.92 Å². The lowest BCUT2D eigenvalue weighted by atomic mass is 9.97. The van der Waals surface area contributed by atoms with Crippen LogP contribution in [-0.4, -0.2) is 36.6 Å². The van der Waals surface area contributed by atoms with Crippen LogP contribution in [0.1, 0.15) is 66.2 Å². The topological polar surface area (TPSA) is 29.5 Å². The van der Waals surface area contributed by atoms with E-state index in [1.165, 1.54) is 31.3 Å². The van der Waals surface area contributed by atoms with Gasteiger partial charge in [-0.1, -0.05) is 25.0 Å². The summed E-state index contributed by atoms with van der Waals surface area (Å²) in [4.78, 5) is 14.4. The number of piperidine rings is 1. The van der Waals surface area contributed by atoms with Gasteiger partial charge in [-0.3, -0.25) is 9.69 Å². The lowest BCUT2D eigenvalue weighted by Gasteiger charge is -2.34. The molecule has 1 saturated heterocycles. The summed E-state index contributed by atoms with van der Waals surface area (Å²) < 4.78 is 5.22. The highest BCUT2D eigenvalue weighted by Gasteiger charge is 2.29. The molecule has 0 spiro atoms. The fraction of sp³-hybridized carbons (Fsp3) is 0.833. The molecular weight excluding hydrogens is 262 g/mol. The van der Waals surface area contributed by atoms with E-state index in [4.69, 9.17) is 4.74 Å². The van der Waals surface area contributed by atoms with Gasteiger partial charge in [-0.15, -0.1) is 0 Å². The van der Waals surface area contributed by atoms with E-state index in [0.717, 1.165) is 25.9 Å². The molecule has 3 heteroatoms. The van der Waals surface area contributed by atoms with Crippen LogP contribution >= 0.6 is 0 Å². The molecule has 0 saturated carbocycles. The van der Waals surface area contributed by atoms with Gasteiger partial charge in [0.2, 0.25) is 0 Å². The van der Waals surface area contributed by atoms with Crippen molar-refractivity contribution in [3.63, 3.8) is 0 Å². The van der Waals surface area contributed by atoms with Gasteiger partial charge in [0.15, 0.2) is 0 Å². The van der Waals surface area contributed by atoms with E-state index in [-0.39, 0.29) is 12.0 Å². The molecule has 0 unspecified atom stereocenters. The highest BCUT2D eigenvalue weighted by atomic mass is 16.5. The Morgan fingerprint density at radius 1 is 1.33 bits per heavy atom. The average Bonchev–Trinajstić information content (AvgIpc) is 2.45. The normalized spacial score (nSPS) is 20.9. The number of nitrogens with zero attached hydrogens (tertiary/aromatic N) is 1. The van der Waals surface area contributed by atoms with Crippen molar-refractivity contribution in [1.29, 1.82) is 0 Å². The molecule has 1 rings (SSSR count). The fourth-order valence-electron chi connectivity index (χ4n) is 2.95. The monoisotopic (exact) mass is 295 g/mol. The van der Waals surface area contributed by atoms with Crippen LogP contribution in [-0.2, 0) is 9.53 Å². The van der Waals surface area contributed by atoms with Crippen molar-refractivity contribution in [2.24, 2.45) is 5.92 Å². The van der Waals surface area contributed by atoms with Gasteiger partial charge in [0.1, 0.15) is 6.04 Å². The number of carbonyl (C=O) groups is 1. The summed E-state index contributed by atoms with van der Waals surface area (Å²) in [6.45, 7) is 11.1. The second kappa shape index (κ2) is 9.99. The Bertz CT molecular complexity index is 334. The number of rotatable bonds is 8. The van der Waals surface area contributed by atoms with Crippen LogP contribution in [0.15, 0.2) is 11.6 Å². The molecule has 0 amide bonds. The maximum Gasteiger partial charge on any atom is 0.323 e. The van der Waals surface area contributed by atoms with E-state index in [2.05, 4.69) is 31.7 Å². The molecule has 0 aromatic carbocycles. The van der Waals surface area contributed by atoms with Crippen LogP contribution in [0.4, 0.5) is 0 Å². The number of allylic oxidation sites excluding steroid dienone is 2. The molecule has 1 aliphatic rings. The molecule has 1 fully saturated rings. The van der Waals surface area contributed by atoms with Crippen molar-refractivity contribution in [2.45, 2.75) is 72.3 Å². The van der Waals surface area contributed by atoms with E-state index >= 15 is 0 Å². The number of carbonyl (C=O) groups excluding carboxylic acids is 1. The van der Waals surface area contributed by atoms with Gasteiger partial charge in [-0.25, -0.2) is 0 Å². The van der Waals surface area contributed by atoms with Crippen LogP contribution in [0.2, 0.25) is 0 Å².